The summed E-state index contributed by atoms with van der Waals surface area (Å²) in [7, 11) is 1.91. The first-order valence-electron chi connectivity index (χ1n) is 9.69. The number of likely N-dealkylation sites (tertiary alicyclic amines) is 1. The van der Waals surface area contributed by atoms with E-state index < -0.39 is 0 Å². The Morgan fingerprint density at radius 1 is 1.14 bits per heavy atom. The number of hydrogen-bond acceptors (Lipinski definition) is 3. The van der Waals surface area contributed by atoms with Crippen LogP contribution in [0.25, 0.3) is 5.69 Å². The van der Waals surface area contributed by atoms with Crippen molar-refractivity contribution in [2.24, 2.45) is 7.05 Å². The van der Waals surface area contributed by atoms with Crippen LogP contribution in [0.3, 0.4) is 0 Å². The third-order valence-electron chi connectivity index (χ3n) is 5.28. The van der Waals surface area contributed by atoms with Gasteiger partial charge in [-0.05, 0) is 71.7 Å². The van der Waals surface area contributed by atoms with Crippen LogP contribution in [0.1, 0.15) is 18.5 Å². The van der Waals surface area contributed by atoms with Crippen molar-refractivity contribution in [1.29, 1.82) is 0 Å². The number of piperidine rings is 1. The van der Waals surface area contributed by atoms with Crippen LogP contribution in [0, 0.1) is 5.82 Å². The Labute approximate surface area is 177 Å². The third kappa shape index (κ3) is 4.31. The molecule has 0 spiro atoms. The first kappa shape index (κ1) is 19.9. The Morgan fingerprint density at radius 3 is 2.59 bits per heavy atom. The number of nitrogens with zero attached hydrogens (tertiary/aromatic N) is 3. The maximum absolute atomic E-state index is 13.1. The van der Waals surface area contributed by atoms with Crippen LogP contribution in [0.15, 0.2) is 63.9 Å². The zero-order chi connectivity index (χ0) is 20.4. The van der Waals surface area contributed by atoms with Crippen LogP contribution in [-0.4, -0.2) is 33.5 Å². The zero-order valence-corrected chi connectivity index (χ0v) is 17.8. The maximum atomic E-state index is 13.1. The minimum absolute atomic E-state index is 0.0428. The first-order chi connectivity index (χ1) is 14.0. The molecule has 152 valence electrons. The fraction of sp³-hybridized carbons (Fsp3) is 0.318. The molecule has 0 amide bonds. The van der Waals surface area contributed by atoms with E-state index in [1.807, 2.05) is 42.1 Å². The van der Waals surface area contributed by atoms with Gasteiger partial charge in [0.05, 0.1) is 11.4 Å². The van der Waals surface area contributed by atoms with Crippen LogP contribution in [0.2, 0.25) is 0 Å². The van der Waals surface area contributed by atoms with Crippen molar-refractivity contribution in [2.75, 3.05) is 13.1 Å². The van der Waals surface area contributed by atoms with Gasteiger partial charge in [0.2, 0.25) is 0 Å². The molecule has 7 heteroatoms. The van der Waals surface area contributed by atoms with E-state index in [0.717, 1.165) is 37.3 Å². The molecular formula is C22H23BrFN3O2. The fourth-order valence-corrected chi connectivity index (χ4v) is 4.37. The molecule has 1 atom stereocenters. The highest BCUT2D eigenvalue weighted by molar-refractivity contribution is 9.10. The second-order valence-corrected chi connectivity index (χ2v) is 8.10. The summed E-state index contributed by atoms with van der Waals surface area (Å²) in [6.45, 7) is 2.35. The minimum atomic E-state index is -0.267. The zero-order valence-electron chi connectivity index (χ0n) is 16.2. The van der Waals surface area contributed by atoms with E-state index in [2.05, 4.69) is 20.8 Å². The summed E-state index contributed by atoms with van der Waals surface area (Å²) in [5, 5.41) is 0. The van der Waals surface area contributed by atoms with Gasteiger partial charge in [-0.3, -0.25) is 14.4 Å². The van der Waals surface area contributed by atoms with Gasteiger partial charge in [0.15, 0.2) is 0 Å². The van der Waals surface area contributed by atoms with Crippen molar-refractivity contribution < 1.29 is 9.13 Å². The van der Waals surface area contributed by atoms with Crippen molar-refractivity contribution in [3.63, 3.8) is 0 Å². The van der Waals surface area contributed by atoms with Gasteiger partial charge in [0.25, 0.3) is 5.56 Å². The van der Waals surface area contributed by atoms with Crippen molar-refractivity contribution in [1.82, 2.24) is 14.3 Å². The number of halogens is 2. The summed E-state index contributed by atoms with van der Waals surface area (Å²) in [5.41, 5.74) is 1.70. The van der Waals surface area contributed by atoms with Gasteiger partial charge in [0.1, 0.15) is 22.1 Å². The van der Waals surface area contributed by atoms with E-state index in [1.54, 1.807) is 16.8 Å². The standard InChI is InChI=1S/C22H23BrFN3O2/c1-25-20(21(23)22(28)27(25)17-6-3-2-4-7-17)15-26-13-5-8-19(14-26)29-18-11-9-16(24)10-12-18/h2-4,6-7,9-12,19H,5,8,13-15H2,1H3. The lowest BCUT2D eigenvalue weighted by Crippen LogP contribution is -2.41. The number of rotatable bonds is 5. The number of benzene rings is 2. The summed E-state index contributed by atoms with van der Waals surface area (Å²) in [6, 6.07) is 15.8. The molecule has 1 aliphatic rings. The lowest BCUT2D eigenvalue weighted by atomic mass is 10.1. The molecule has 4 rings (SSSR count). The van der Waals surface area contributed by atoms with Crippen molar-refractivity contribution >= 4 is 15.9 Å². The molecule has 0 N–H and O–H groups in total. The molecule has 2 aromatic carbocycles. The predicted octanol–water partition coefficient (Wildman–Crippen LogP) is 4.12. The Morgan fingerprint density at radius 2 is 1.86 bits per heavy atom. The number of para-hydroxylation sites is 1. The van der Waals surface area contributed by atoms with E-state index in [9.17, 15) is 9.18 Å². The summed E-state index contributed by atoms with van der Waals surface area (Å²) in [6.07, 6.45) is 2.01. The van der Waals surface area contributed by atoms with E-state index in [4.69, 9.17) is 4.74 Å². The molecule has 0 aliphatic carbocycles. The van der Waals surface area contributed by atoms with Crippen LogP contribution in [0.5, 0.6) is 5.75 Å². The lowest BCUT2D eigenvalue weighted by molar-refractivity contribution is 0.0825. The summed E-state index contributed by atoms with van der Waals surface area (Å²) >= 11 is 3.50. The number of aromatic nitrogens is 2. The molecule has 1 aliphatic heterocycles. The molecule has 1 fully saturated rings. The lowest BCUT2D eigenvalue weighted by Gasteiger charge is -2.33. The molecule has 0 saturated carbocycles. The molecule has 5 nitrogen and oxygen atoms in total. The topological polar surface area (TPSA) is 39.4 Å². The maximum Gasteiger partial charge on any atom is 0.286 e. The highest BCUT2D eigenvalue weighted by Gasteiger charge is 2.25. The number of ether oxygens (including phenoxy) is 1. The van der Waals surface area contributed by atoms with Crippen LogP contribution < -0.4 is 10.3 Å². The Hall–Kier alpha value is -2.38. The average Bonchev–Trinajstić information content (AvgIpc) is 2.94. The van der Waals surface area contributed by atoms with Gasteiger partial charge in [-0.2, -0.15) is 0 Å². The van der Waals surface area contributed by atoms with Gasteiger partial charge in [0, 0.05) is 20.1 Å². The molecule has 1 aromatic heterocycles. The summed E-state index contributed by atoms with van der Waals surface area (Å²) in [4.78, 5) is 15.1. The Balaban J connectivity index is 1.50. The molecule has 1 saturated heterocycles. The molecule has 3 aromatic rings. The second kappa shape index (κ2) is 8.55. The first-order valence-corrected chi connectivity index (χ1v) is 10.5. The Bertz CT molecular complexity index is 1030. The largest absolute Gasteiger partial charge is 0.489 e. The van der Waals surface area contributed by atoms with Gasteiger partial charge in [-0.1, -0.05) is 18.2 Å². The monoisotopic (exact) mass is 459 g/mol. The SMILES string of the molecule is Cn1c(CN2CCCC(Oc3ccc(F)cc3)C2)c(Br)c(=O)n1-c1ccccc1. The van der Waals surface area contributed by atoms with Crippen LogP contribution in [-0.2, 0) is 13.6 Å². The quantitative estimate of drug-likeness (QED) is 0.575. The van der Waals surface area contributed by atoms with Crippen LogP contribution >= 0.6 is 15.9 Å². The molecule has 0 bridgehead atoms. The van der Waals surface area contributed by atoms with E-state index in [1.165, 1.54) is 12.1 Å². The number of hydrogen-bond donors (Lipinski definition) is 0. The smallest absolute Gasteiger partial charge is 0.286 e. The highest BCUT2D eigenvalue weighted by atomic mass is 79.9. The Kier molecular flexibility index (Phi) is 5.87. The van der Waals surface area contributed by atoms with Crippen LogP contribution in [0.4, 0.5) is 4.39 Å². The fourth-order valence-electron chi connectivity index (χ4n) is 3.82. The predicted molar refractivity (Wildman–Crippen MR) is 114 cm³/mol. The van der Waals surface area contributed by atoms with Gasteiger partial charge in [-0.15, -0.1) is 0 Å². The van der Waals surface area contributed by atoms with E-state index in [-0.39, 0.29) is 17.5 Å². The average molecular weight is 460 g/mol. The molecular weight excluding hydrogens is 437 g/mol. The van der Waals surface area contributed by atoms with Crippen molar-refractivity contribution in [3.8, 4) is 11.4 Å². The van der Waals surface area contributed by atoms with Gasteiger partial charge < -0.3 is 4.74 Å². The normalized spacial score (nSPS) is 17.4. The van der Waals surface area contributed by atoms with Gasteiger partial charge in [-0.25, -0.2) is 9.07 Å². The van der Waals surface area contributed by atoms with E-state index >= 15 is 0 Å². The minimum Gasteiger partial charge on any atom is -0.489 e. The van der Waals surface area contributed by atoms with Crippen molar-refractivity contribution in [2.45, 2.75) is 25.5 Å². The van der Waals surface area contributed by atoms with E-state index in [0.29, 0.717) is 16.8 Å². The molecule has 29 heavy (non-hydrogen) atoms. The third-order valence-corrected chi connectivity index (χ3v) is 6.07. The molecule has 0 radical (unpaired) electrons. The van der Waals surface area contributed by atoms with Crippen molar-refractivity contribution in [3.05, 3.63) is 80.9 Å². The van der Waals surface area contributed by atoms with Gasteiger partial charge >= 0.3 is 0 Å². The second-order valence-electron chi connectivity index (χ2n) is 7.31. The molecule has 2 heterocycles. The molecule has 1 unspecified atom stereocenters. The highest BCUT2D eigenvalue weighted by Crippen LogP contribution is 2.22. The summed E-state index contributed by atoms with van der Waals surface area (Å²) in [5.74, 6) is 0.415. The summed E-state index contributed by atoms with van der Waals surface area (Å²) < 4.78 is 23.3.